The maximum absolute atomic E-state index is 9.47. The van der Waals surface area contributed by atoms with Gasteiger partial charge in [0, 0.05) is 0 Å². The number of rotatable bonds is 5. The molecule has 0 bridgehead atoms. The molecule has 0 aliphatic carbocycles. The second kappa shape index (κ2) is 7.24. The van der Waals surface area contributed by atoms with Gasteiger partial charge in [0.2, 0.25) is 0 Å². The van der Waals surface area contributed by atoms with Gasteiger partial charge in [-0.2, -0.15) is 0 Å². The zero-order valence-corrected chi connectivity index (χ0v) is 10.4. The molecule has 0 spiro atoms. The van der Waals surface area contributed by atoms with Gasteiger partial charge in [-0.1, -0.05) is 13.8 Å². The van der Waals surface area contributed by atoms with Crippen molar-refractivity contribution < 1.29 is 5.11 Å². The second-order valence-electron chi connectivity index (χ2n) is 5.08. The molecule has 1 saturated heterocycles. The van der Waals surface area contributed by atoms with Crippen molar-refractivity contribution in [2.75, 3.05) is 19.6 Å². The highest BCUT2D eigenvalue weighted by atomic mass is 16.3. The molecule has 0 aromatic heterocycles. The molecule has 0 aromatic carbocycles. The highest BCUT2D eigenvalue weighted by Gasteiger charge is 2.13. The molecule has 90 valence electrons. The number of aliphatic hydroxyl groups is 1. The molecule has 2 heteroatoms. The Morgan fingerprint density at radius 2 is 2.13 bits per heavy atom. The summed E-state index contributed by atoms with van der Waals surface area (Å²) in [4.78, 5) is 2.58. The zero-order chi connectivity index (χ0) is 11.1. The number of likely N-dealkylation sites (tertiary alicyclic amines) is 1. The SMILES string of the molecule is CCC(O)CCCN1CCCC(C)CC1. The second-order valence-corrected chi connectivity index (χ2v) is 5.08. The molecule has 15 heavy (non-hydrogen) atoms. The van der Waals surface area contributed by atoms with E-state index in [2.05, 4.69) is 18.7 Å². The third-order valence-electron chi connectivity index (χ3n) is 3.59. The summed E-state index contributed by atoms with van der Waals surface area (Å²) in [6.45, 7) is 8.14. The maximum Gasteiger partial charge on any atom is 0.0538 e. The van der Waals surface area contributed by atoms with Crippen molar-refractivity contribution in [2.24, 2.45) is 5.92 Å². The van der Waals surface area contributed by atoms with Crippen LogP contribution in [-0.4, -0.2) is 35.7 Å². The molecule has 1 fully saturated rings. The number of nitrogens with zero attached hydrogens (tertiary/aromatic N) is 1. The summed E-state index contributed by atoms with van der Waals surface area (Å²) in [7, 11) is 0. The fourth-order valence-electron chi connectivity index (χ4n) is 2.30. The molecule has 0 radical (unpaired) electrons. The summed E-state index contributed by atoms with van der Waals surface area (Å²) in [6, 6.07) is 0. The van der Waals surface area contributed by atoms with Crippen molar-refractivity contribution in [1.82, 2.24) is 4.90 Å². The Labute approximate surface area is 94.7 Å². The molecule has 2 unspecified atom stereocenters. The van der Waals surface area contributed by atoms with Gasteiger partial charge in [0.15, 0.2) is 0 Å². The van der Waals surface area contributed by atoms with Crippen LogP contribution in [-0.2, 0) is 0 Å². The van der Waals surface area contributed by atoms with Crippen LogP contribution in [0.1, 0.15) is 52.4 Å². The minimum atomic E-state index is -0.0732. The lowest BCUT2D eigenvalue weighted by molar-refractivity contribution is 0.149. The lowest BCUT2D eigenvalue weighted by Gasteiger charge is -2.20. The summed E-state index contributed by atoms with van der Waals surface area (Å²) in [5.41, 5.74) is 0. The molecule has 2 nitrogen and oxygen atoms in total. The Morgan fingerprint density at radius 1 is 1.33 bits per heavy atom. The number of aliphatic hydroxyl groups excluding tert-OH is 1. The van der Waals surface area contributed by atoms with Crippen LogP contribution in [0.4, 0.5) is 0 Å². The van der Waals surface area contributed by atoms with Gasteiger partial charge in [-0.05, 0) is 64.1 Å². The van der Waals surface area contributed by atoms with Crippen molar-refractivity contribution in [1.29, 1.82) is 0 Å². The first-order chi connectivity index (χ1) is 7.22. The predicted molar refractivity (Wildman–Crippen MR) is 65.0 cm³/mol. The van der Waals surface area contributed by atoms with Crippen LogP contribution in [0, 0.1) is 5.92 Å². The topological polar surface area (TPSA) is 23.5 Å². The molecule has 1 aliphatic rings. The minimum absolute atomic E-state index is 0.0732. The van der Waals surface area contributed by atoms with E-state index in [0.29, 0.717) is 0 Å². The van der Waals surface area contributed by atoms with E-state index in [9.17, 15) is 5.11 Å². The van der Waals surface area contributed by atoms with Gasteiger partial charge in [-0.25, -0.2) is 0 Å². The van der Waals surface area contributed by atoms with Gasteiger partial charge in [-0.3, -0.25) is 0 Å². The van der Waals surface area contributed by atoms with Gasteiger partial charge in [0.25, 0.3) is 0 Å². The van der Waals surface area contributed by atoms with Crippen LogP contribution in [0.3, 0.4) is 0 Å². The summed E-state index contributed by atoms with van der Waals surface area (Å²) < 4.78 is 0. The molecule has 1 N–H and O–H groups in total. The minimum Gasteiger partial charge on any atom is -0.393 e. The van der Waals surface area contributed by atoms with Crippen molar-refractivity contribution in [3.63, 3.8) is 0 Å². The van der Waals surface area contributed by atoms with Crippen molar-refractivity contribution in [3.8, 4) is 0 Å². The summed E-state index contributed by atoms with van der Waals surface area (Å²) in [6.07, 6.45) is 7.07. The first-order valence-corrected chi connectivity index (χ1v) is 6.62. The van der Waals surface area contributed by atoms with Crippen molar-refractivity contribution in [3.05, 3.63) is 0 Å². The molecule has 0 aromatic rings. The highest BCUT2D eigenvalue weighted by Crippen LogP contribution is 2.16. The Morgan fingerprint density at radius 3 is 2.87 bits per heavy atom. The first-order valence-electron chi connectivity index (χ1n) is 6.62. The monoisotopic (exact) mass is 213 g/mol. The van der Waals surface area contributed by atoms with E-state index in [4.69, 9.17) is 0 Å². The van der Waals surface area contributed by atoms with E-state index in [-0.39, 0.29) is 6.10 Å². The van der Waals surface area contributed by atoms with Gasteiger partial charge >= 0.3 is 0 Å². The standard InChI is InChI=1S/C13H27NO/c1-3-13(15)7-5-10-14-9-4-6-12(2)8-11-14/h12-13,15H,3-11H2,1-2H3. The van der Waals surface area contributed by atoms with E-state index >= 15 is 0 Å². The average molecular weight is 213 g/mol. The van der Waals surface area contributed by atoms with Crippen molar-refractivity contribution >= 4 is 0 Å². The molecule has 0 amide bonds. The number of hydrogen-bond donors (Lipinski definition) is 1. The normalized spacial score (nSPS) is 26.2. The van der Waals surface area contributed by atoms with Gasteiger partial charge < -0.3 is 10.0 Å². The van der Waals surface area contributed by atoms with E-state index in [0.717, 1.165) is 25.2 Å². The molecule has 1 rings (SSSR count). The van der Waals surface area contributed by atoms with Crippen LogP contribution >= 0.6 is 0 Å². The average Bonchev–Trinajstić information content (AvgIpc) is 2.43. The van der Waals surface area contributed by atoms with Gasteiger partial charge in [0.05, 0.1) is 6.10 Å². The lowest BCUT2D eigenvalue weighted by Crippen LogP contribution is -2.26. The molecule has 1 heterocycles. The Kier molecular flexibility index (Phi) is 6.26. The highest BCUT2D eigenvalue weighted by molar-refractivity contribution is 4.67. The van der Waals surface area contributed by atoms with Crippen LogP contribution in [0.5, 0.6) is 0 Å². The third-order valence-corrected chi connectivity index (χ3v) is 3.59. The van der Waals surface area contributed by atoms with Crippen molar-refractivity contribution in [2.45, 2.75) is 58.5 Å². The molecule has 0 saturated carbocycles. The molecule has 1 aliphatic heterocycles. The lowest BCUT2D eigenvalue weighted by atomic mass is 10.0. The van der Waals surface area contributed by atoms with Crippen LogP contribution < -0.4 is 0 Å². The van der Waals surface area contributed by atoms with E-state index in [1.54, 1.807) is 0 Å². The quantitative estimate of drug-likeness (QED) is 0.759. The van der Waals surface area contributed by atoms with E-state index in [1.165, 1.54) is 38.9 Å². The van der Waals surface area contributed by atoms with Crippen LogP contribution in [0.25, 0.3) is 0 Å². The van der Waals surface area contributed by atoms with Gasteiger partial charge in [-0.15, -0.1) is 0 Å². The summed E-state index contributed by atoms with van der Waals surface area (Å²) in [5.74, 6) is 0.913. The Hall–Kier alpha value is -0.0800. The summed E-state index contributed by atoms with van der Waals surface area (Å²) >= 11 is 0. The zero-order valence-electron chi connectivity index (χ0n) is 10.4. The number of hydrogen-bond acceptors (Lipinski definition) is 2. The molecular weight excluding hydrogens is 186 g/mol. The molecular formula is C13H27NO. The van der Waals surface area contributed by atoms with E-state index < -0.39 is 0 Å². The Bertz CT molecular complexity index is 161. The Balaban J connectivity index is 2.10. The predicted octanol–water partition coefficient (Wildman–Crippen LogP) is 2.66. The third kappa shape index (κ3) is 5.53. The fourth-order valence-corrected chi connectivity index (χ4v) is 2.30. The summed E-state index contributed by atoms with van der Waals surface area (Å²) in [5, 5.41) is 9.47. The first kappa shape index (κ1) is 13.0. The smallest absolute Gasteiger partial charge is 0.0538 e. The van der Waals surface area contributed by atoms with Gasteiger partial charge in [0.1, 0.15) is 0 Å². The van der Waals surface area contributed by atoms with Crippen LogP contribution in [0.15, 0.2) is 0 Å². The maximum atomic E-state index is 9.47. The molecule has 2 atom stereocenters. The fraction of sp³-hybridized carbons (Fsp3) is 1.00. The van der Waals surface area contributed by atoms with Crippen LogP contribution in [0.2, 0.25) is 0 Å². The largest absolute Gasteiger partial charge is 0.393 e. The van der Waals surface area contributed by atoms with E-state index in [1.807, 2.05) is 0 Å².